The summed E-state index contributed by atoms with van der Waals surface area (Å²) in [6.07, 6.45) is 0. The Balaban J connectivity index is 2.09. The zero-order chi connectivity index (χ0) is 15.1. The highest BCUT2D eigenvalue weighted by molar-refractivity contribution is 6.06. The van der Waals surface area contributed by atoms with E-state index in [0.717, 1.165) is 0 Å². The van der Waals surface area contributed by atoms with Crippen molar-refractivity contribution in [3.05, 3.63) is 54.1 Å². The monoisotopic (exact) mass is 286 g/mol. The van der Waals surface area contributed by atoms with Crippen molar-refractivity contribution < 1.29 is 14.3 Å². The van der Waals surface area contributed by atoms with Gasteiger partial charge in [-0.3, -0.25) is 4.79 Å². The highest BCUT2D eigenvalue weighted by Gasteiger charge is 2.12. The molecule has 21 heavy (non-hydrogen) atoms. The largest absolute Gasteiger partial charge is 0.490 e. The molecule has 0 fully saturated rings. The lowest BCUT2D eigenvalue weighted by Gasteiger charge is -2.11. The van der Waals surface area contributed by atoms with Crippen molar-refractivity contribution in [2.45, 2.75) is 0 Å². The van der Waals surface area contributed by atoms with Gasteiger partial charge in [-0.2, -0.15) is 0 Å². The summed E-state index contributed by atoms with van der Waals surface area (Å²) in [5.41, 5.74) is 7.42. The number of nitrogens with two attached hydrogens (primary N) is 1. The van der Waals surface area contributed by atoms with Gasteiger partial charge in [0.2, 0.25) is 0 Å². The van der Waals surface area contributed by atoms with Gasteiger partial charge in [0.05, 0.1) is 12.2 Å². The summed E-state index contributed by atoms with van der Waals surface area (Å²) >= 11 is 0. The van der Waals surface area contributed by atoms with Gasteiger partial charge in [-0.05, 0) is 36.4 Å². The molecular weight excluding hydrogens is 268 g/mol. The molecule has 2 aromatic carbocycles. The molecule has 0 aromatic heterocycles. The maximum absolute atomic E-state index is 12.3. The fourth-order valence-corrected chi connectivity index (χ4v) is 1.78. The van der Waals surface area contributed by atoms with Crippen molar-refractivity contribution in [2.24, 2.45) is 0 Å². The summed E-state index contributed by atoms with van der Waals surface area (Å²) < 4.78 is 10.5. The molecule has 0 heterocycles. The number of anilines is 2. The van der Waals surface area contributed by atoms with Crippen LogP contribution in [0.25, 0.3) is 0 Å². The molecule has 0 atom stereocenters. The highest BCUT2D eigenvalue weighted by Crippen LogP contribution is 2.20. The Bertz CT molecular complexity index is 597. The Morgan fingerprint density at radius 3 is 2.52 bits per heavy atom. The molecule has 0 saturated carbocycles. The number of hydrogen-bond donors (Lipinski definition) is 2. The number of amides is 1. The van der Waals surface area contributed by atoms with Crippen molar-refractivity contribution in [3.8, 4) is 5.75 Å². The lowest BCUT2D eigenvalue weighted by molar-refractivity contribution is 0.101. The van der Waals surface area contributed by atoms with Gasteiger partial charge in [-0.15, -0.1) is 0 Å². The maximum atomic E-state index is 12.3. The third kappa shape index (κ3) is 4.22. The van der Waals surface area contributed by atoms with Crippen LogP contribution in [-0.2, 0) is 4.74 Å². The molecule has 0 unspecified atom stereocenters. The summed E-state index contributed by atoms with van der Waals surface area (Å²) in [5, 5.41) is 2.81. The van der Waals surface area contributed by atoms with Gasteiger partial charge in [-0.25, -0.2) is 0 Å². The Morgan fingerprint density at radius 2 is 1.81 bits per heavy atom. The first-order chi connectivity index (χ1) is 10.2. The fourth-order valence-electron chi connectivity index (χ4n) is 1.78. The van der Waals surface area contributed by atoms with Crippen molar-refractivity contribution in [3.63, 3.8) is 0 Å². The number of nitrogens with one attached hydrogen (secondary N) is 1. The summed E-state index contributed by atoms with van der Waals surface area (Å²) in [6.45, 7) is 0.858. The fraction of sp³-hybridized carbons (Fsp3) is 0.188. The van der Waals surface area contributed by atoms with Crippen LogP contribution in [0.4, 0.5) is 11.4 Å². The van der Waals surface area contributed by atoms with E-state index in [1.54, 1.807) is 49.6 Å². The molecule has 2 aromatic rings. The van der Waals surface area contributed by atoms with E-state index in [-0.39, 0.29) is 5.91 Å². The molecule has 3 N–H and O–H groups in total. The molecule has 110 valence electrons. The third-order valence-corrected chi connectivity index (χ3v) is 2.85. The molecule has 1 amide bonds. The summed E-state index contributed by atoms with van der Waals surface area (Å²) in [4.78, 5) is 12.3. The molecule has 0 aliphatic carbocycles. The molecular formula is C16H18N2O3. The minimum atomic E-state index is -0.229. The van der Waals surface area contributed by atoms with Gasteiger partial charge in [0, 0.05) is 18.5 Å². The van der Waals surface area contributed by atoms with Crippen LogP contribution in [0.5, 0.6) is 5.75 Å². The van der Waals surface area contributed by atoms with E-state index in [2.05, 4.69) is 5.32 Å². The van der Waals surface area contributed by atoms with E-state index in [0.29, 0.717) is 35.9 Å². The van der Waals surface area contributed by atoms with Crippen molar-refractivity contribution >= 4 is 17.3 Å². The van der Waals surface area contributed by atoms with Crippen LogP contribution in [0.3, 0.4) is 0 Å². The second kappa shape index (κ2) is 7.31. The average molecular weight is 286 g/mol. The number of para-hydroxylation sites is 1. The normalized spacial score (nSPS) is 10.1. The summed E-state index contributed by atoms with van der Waals surface area (Å²) in [7, 11) is 1.60. The minimum absolute atomic E-state index is 0.229. The molecule has 0 saturated heterocycles. The maximum Gasteiger partial charge on any atom is 0.259 e. The second-order valence-electron chi connectivity index (χ2n) is 4.41. The quantitative estimate of drug-likeness (QED) is 0.632. The van der Waals surface area contributed by atoms with Crippen LogP contribution in [0.1, 0.15) is 10.4 Å². The van der Waals surface area contributed by atoms with Crippen molar-refractivity contribution in [2.75, 3.05) is 31.4 Å². The van der Waals surface area contributed by atoms with Gasteiger partial charge in [-0.1, -0.05) is 12.1 Å². The van der Waals surface area contributed by atoms with E-state index in [4.69, 9.17) is 15.2 Å². The number of hydrogen-bond acceptors (Lipinski definition) is 4. The number of nitrogen functional groups attached to an aromatic ring is 1. The minimum Gasteiger partial charge on any atom is -0.490 e. The van der Waals surface area contributed by atoms with Gasteiger partial charge in [0.15, 0.2) is 0 Å². The first kappa shape index (κ1) is 14.9. The predicted molar refractivity (Wildman–Crippen MR) is 82.6 cm³/mol. The highest BCUT2D eigenvalue weighted by atomic mass is 16.5. The van der Waals surface area contributed by atoms with Crippen LogP contribution >= 0.6 is 0 Å². The number of benzene rings is 2. The molecule has 2 rings (SSSR count). The first-order valence-corrected chi connectivity index (χ1v) is 6.58. The molecule has 5 nitrogen and oxygen atoms in total. The van der Waals surface area contributed by atoms with Gasteiger partial charge in [0.25, 0.3) is 5.91 Å². The van der Waals surface area contributed by atoms with Crippen LogP contribution in [0, 0.1) is 0 Å². The van der Waals surface area contributed by atoms with E-state index >= 15 is 0 Å². The standard InChI is InChI=1S/C16H18N2O3/c1-20-10-11-21-15-5-3-2-4-14(15)16(19)18-13-8-6-12(17)7-9-13/h2-9H,10-11,17H2,1H3,(H,18,19). The Morgan fingerprint density at radius 1 is 1.10 bits per heavy atom. The van der Waals surface area contributed by atoms with Gasteiger partial charge < -0.3 is 20.5 Å². The number of methoxy groups -OCH3 is 1. The zero-order valence-electron chi connectivity index (χ0n) is 11.8. The molecule has 5 heteroatoms. The number of ether oxygens (including phenoxy) is 2. The topological polar surface area (TPSA) is 73.6 Å². The van der Waals surface area contributed by atoms with E-state index in [1.807, 2.05) is 6.07 Å². The van der Waals surface area contributed by atoms with Crippen LogP contribution in [-0.4, -0.2) is 26.2 Å². The Kier molecular flexibility index (Phi) is 5.17. The first-order valence-electron chi connectivity index (χ1n) is 6.58. The van der Waals surface area contributed by atoms with Gasteiger partial charge in [0.1, 0.15) is 12.4 Å². The second-order valence-corrected chi connectivity index (χ2v) is 4.41. The zero-order valence-corrected chi connectivity index (χ0v) is 11.8. The third-order valence-electron chi connectivity index (χ3n) is 2.85. The Hall–Kier alpha value is -2.53. The smallest absolute Gasteiger partial charge is 0.259 e. The Labute approximate surface area is 123 Å². The van der Waals surface area contributed by atoms with E-state index in [1.165, 1.54) is 0 Å². The summed E-state index contributed by atoms with van der Waals surface area (Å²) in [5.74, 6) is 0.301. The van der Waals surface area contributed by atoms with E-state index in [9.17, 15) is 4.79 Å². The molecule has 0 aliphatic rings. The lowest BCUT2D eigenvalue weighted by atomic mass is 10.2. The molecule has 0 spiro atoms. The number of carbonyl (C=O) groups excluding carboxylic acids is 1. The average Bonchev–Trinajstić information content (AvgIpc) is 2.50. The van der Waals surface area contributed by atoms with Crippen LogP contribution in [0.2, 0.25) is 0 Å². The van der Waals surface area contributed by atoms with Crippen LogP contribution in [0.15, 0.2) is 48.5 Å². The van der Waals surface area contributed by atoms with E-state index < -0.39 is 0 Å². The SMILES string of the molecule is COCCOc1ccccc1C(=O)Nc1ccc(N)cc1. The number of rotatable bonds is 6. The lowest BCUT2D eigenvalue weighted by Crippen LogP contribution is -2.14. The molecule has 0 radical (unpaired) electrons. The van der Waals surface area contributed by atoms with Crippen LogP contribution < -0.4 is 15.8 Å². The molecule has 0 aliphatic heterocycles. The van der Waals surface area contributed by atoms with Crippen molar-refractivity contribution in [1.29, 1.82) is 0 Å². The molecule has 0 bridgehead atoms. The summed E-state index contributed by atoms with van der Waals surface area (Å²) in [6, 6.07) is 14.1. The number of carbonyl (C=O) groups is 1. The predicted octanol–water partition coefficient (Wildman–Crippen LogP) is 2.55. The van der Waals surface area contributed by atoms with Crippen molar-refractivity contribution in [1.82, 2.24) is 0 Å². The van der Waals surface area contributed by atoms with Gasteiger partial charge >= 0.3 is 0 Å².